The summed E-state index contributed by atoms with van der Waals surface area (Å²) in [5, 5.41) is 13.9. The maximum Gasteiger partial charge on any atom is 0.123 e. The summed E-state index contributed by atoms with van der Waals surface area (Å²) in [5.74, 6) is 1.19. The first-order valence-corrected chi connectivity index (χ1v) is 9.18. The van der Waals surface area contributed by atoms with Gasteiger partial charge < -0.3 is 15.2 Å². The number of ether oxygens (including phenoxy) is 1. The van der Waals surface area contributed by atoms with Crippen LogP contribution in [-0.2, 0) is 6.54 Å². The molecular formula is C20H34N2O2. The highest BCUT2D eigenvalue weighted by molar-refractivity contribution is 5.38. The highest BCUT2D eigenvalue weighted by atomic mass is 16.5. The molecule has 1 aliphatic heterocycles. The molecule has 2 rings (SSSR count). The van der Waals surface area contributed by atoms with E-state index in [4.69, 9.17) is 4.74 Å². The number of nitrogens with one attached hydrogen (secondary N) is 1. The van der Waals surface area contributed by atoms with Crippen LogP contribution in [0.3, 0.4) is 0 Å². The lowest BCUT2D eigenvalue weighted by molar-refractivity contribution is 0.0122. The van der Waals surface area contributed by atoms with Crippen LogP contribution in [0.15, 0.2) is 18.2 Å². The summed E-state index contributed by atoms with van der Waals surface area (Å²) >= 11 is 0. The summed E-state index contributed by atoms with van der Waals surface area (Å²) in [5.41, 5.74) is 1.80. The van der Waals surface area contributed by atoms with Gasteiger partial charge >= 0.3 is 0 Å². The maximum absolute atomic E-state index is 10.4. The second-order valence-electron chi connectivity index (χ2n) is 7.67. The molecule has 0 amide bonds. The molecule has 0 aliphatic carbocycles. The fourth-order valence-electron chi connectivity index (χ4n) is 3.05. The number of likely N-dealkylation sites (tertiary alicyclic amines) is 1. The molecule has 2 N–H and O–H groups in total. The van der Waals surface area contributed by atoms with E-state index in [1.807, 2.05) is 20.8 Å². The lowest BCUT2D eigenvalue weighted by Gasteiger charge is -2.30. The number of rotatable bonds is 8. The standard InChI is InChI=1S/C20H34N2O2/c1-15(2)20(4,23)14-21-16(3)17-8-9-19(24-5)18(12-17)13-22-10-6-7-11-22/h8-9,12,15-16,21,23H,6-7,10-11,13-14H2,1-5H3. The number of nitrogens with zero attached hydrogens (tertiary/aromatic N) is 1. The third kappa shape index (κ3) is 4.95. The summed E-state index contributed by atoms with van der Waals surface area (Å²) in [6.07, 6.45) is 2.59. The average Bonchev–Trinajstić information content (AvgIpc) is 3.05. The van der Waals surface area contributed by atoms with Gasteiger partial charge in [-0.1, -0.05) is 19.9 Å². The topological polar surface area (TPSA) is 44.7 Å². The zero-order chi connectivity index (χ0) is 17.7. The molecule has 0 bridgehead atoms. The van der Waals surface area contributed by atoms with E-state index in [1.54, 1.807) is 7.11 Å². The minimum Gasteiger partial charge on any atom is -0.496 e. The molecular weight excluding hydrogens is 300 g/mol. The Kier molecular flexibility index (Phi) is 6.67. The molecule has 1 saturated heterocycles. The van der Waals surface area contributed by atoms with E-state index in [1.165, 1.54) is 37.1 Å². The molecule has 136 valence electrons. The van der Waals surface area contributed by atoms with Gasteiger partial charge in [-0.15, -0.1) is 0 Å². The van der Waals surface area contributed by atoms with E-state index in [2.05, 4.69) is 35.3 Å². The van der Waals surface area contributed by atoms with Gasteiger partial charge in [0, 0.05) is 24.7 Å². The molecule has 1 aromatic carbocycles. The number of methoxy groups -OCH3 is 1. The minimum absolute atomic E-state index is 0.193. The van der Waals surface area contributed by atoms with E-state index in [0.29, 0.717) is 6.54 Å². The fraction of sp³-hybridized carbons (Fsp3) is 0.700. The van der Waals surface area contributed by atoms with Crippen molar-refractivity contribution in [3.63, 3.8) is 0 Å². The van der Waals surface area contributed by atoms with Crippen LogP contribution in [0.5, 0.6) is 5.75 Å². The Morgan fingerprint density at radius 2 is 1.92 bits per heavy atom. The second-order valence-corrected chi connectivity index (χ2v) is 7.67. The SMILES string of the molecule is COc1ccc(C(C)NCC(C)(O)C(C)C)cc1CN1CCCC1. The first kappa shape index (κ1) is 19.2. The molecule has 0 aromatic heterocycles. The largest absolute Gasteiger partial charge is 0.496 e. The predicted molar refractivity (Wildman–Crippen MR) is 99.4 cm³/mol. The van der Waals surface area contributed by atoms with Crippen molar-refractivity contribution in [2.24, 2.45) is 5.92 Å². The van der Waals surface area contributed by atoms with Crippen molar-refractivity contribution in [2.45, 2.75) is 58.7 Å². The second kappa shape index (κ2) is 8.32. The van der Waals surface area contributed by atoms with Crippen molar-refractivity contribution in [1.29, 1.82) is 0 Å². The van der Waals surface area contributed by atoms with Crippen molar-refractivity contribution in [2.75, 3.05) is 26.7 Å². The van der Waals surface area contributed by atoms with E-state index >= 15 is 0 Å². The van der Waals surface area contributed by atoms with Gasteiger partial charge in [-0.3, -0.25) is 4.90 Å². The van der Waals surface area contributed by atoms with Crippen LogP contribution < -0.4 is 10.1 Å². The Morgan fingerprint density at radius 3 is 2.50 bits per heavy atom. The average molecular weight is 335 g/mol. The Morgan fingerprint density at radius 1 is 1.25 bits per heavy atom. The van der Waals surface area contributed by atoms with Crippen molar-refractivity contribution in [3.05, 3.63) is 29.3 Å². The zero-order valence-corrected chi connectivity index (χ0v) is 15.9. The van der Waals surface area contributed by atoms with Gasteiger partial charge in [0.15, 0.2) is 0 Å². The van der Waals surface area contributed by atoms with Gasteiger partial charge in [0.05, 0.1) is 12.7 Å². The summed E-state index contributed by atoms with van der Waals surface area (Å²) < 4.78 is 5.55. The molecule has 0 spiro atoms. The molecule has 4 nitrogen and oxygen atoms in total. The normalized spacial score (nSPS) is 19.5. The van der Waals surface area contributed by atoms with Crippen LogP contribution in [0, 0.1) is 5.92 Å². The minimum atomic E-state index is -0.695. The van der Waals surface area contributed by atoms with Gasteiger partial charge in [0.1, 0.15) is 5.75 Å². The number of benzene rings is 1. The van der Waals surface area contributed by atoms with E-state index < -0.39 is 5.60 Å². The van der Waals surface area contributed by atoms with Crippen LogP contribution in [-0.4, -0.2) is 42.4 Å². The highest BCUT2D eigenvalue weighted by Crippen LogP contribution is 2.26. The fourth-order valence-corrected chi connectivity index (χ4v) is 3.05. The molecule has 1 heterocycles. The summed E-state index contributed by atoms with van der Waals surface area (Å²) in [6, 6.07) is 6.63. The molecule has 0 saturated carbocycles. The van der Waals surface area contributed by atoms with Crippen LogP contribution in [0.4, 0.5) is 0 Å². The third-order valence-electron chi connectivity index (χ3n) is 5.41. The lowest BCUT2D eigenvalue weighted by atomic mass is 9.92. The first-order chi connectivity index (χ1) is 11.3. The predicted octanol–water partition coefficient (Wildman–Crippen LogP) is 3.35. The maximum atomic E-state index is 10.4. The Labute approximate surface area is 147 Å². The summed E-state index contributed by atoms with van der Waals surface area (Å²) in [6.45, 7) is 12.0. The Bertz CT molecular complexity index is 522. The zero-order valence-electron chi connectivity index (χ0n) is 15.9. The molecule has 1 aliphatic rings. The molecule has 4 heteroatoms. The van der Waals surface area contributed by atoms with Gasteiger partial charge in [-0.05, 0) is 63.4 Å². The Hall–Kier alpha value is -1.10. The van der Waals surface area contributed by atoms with E-state index in [0.717, 1.165) is 12.3 Å². The molecule has 24 heavy (non-hydrogen) atoms. The highest BCUT2D eigenvalue weighted by Gasteiger charge is 2.25. The van der Waals surface area contributed by atoms with E-state index in [9.17, 15) is 5.11 Å². The van der Waals surface area contributed by atoms with Crippen molar-refractivity contribution >= 4 is 0 Å². The number of hydrogen-bond acceptors (Lipinski definition) is 4. The molecule has 0 radical (unpaired) electrons. The summed E-state index contributed by atoms with van der Waals surface area (Å²) in [7, 11) is 1.74. The number of aliphatic hydroxyl groups is 1. The van der Waals surface area contributed by atoms with Crippen LogP contribution in [0.1, 0.15) is 57.7 Å². The van der Waals surface area contributed by atoms with Gasteiger partial charge in [0.2, 0.25) is 0 Å². The quantitative estimate of drug-likeness (QED) is 0.765. The van der Waals surface area contributed by atoms with Crippen LogP contribution >= 0.6 is 0 Å². The number of hydrogen-bond donors (Lipinski definition) is 2. The summed E-state index contributed by atoms with van der Waals surface area (Å²) in [4.78, 5) is 2.49. The lowest BCUT2D eigenvalue weighted by Crippen LogP contribution is -2.43. The van der Waals surface area contributed by atoms with Crippen molar-refractivity contribution in [3.8, 4) is 5.75 Å². The van der Waals surface area contributed by atoms with Crippen LogP contribution in [0.2, 0.25) is 0 Å². The van der Waals surface area contributed by atoms with Crippen molar-refractivity contribution in [1.82, 2.24) is 10.2 Å². The first-order valence-electron chi connectivity index (χ1n) is 9.18. The third-order valence-corrected chi connectivity index (χ3v) is 5.41. The van der Waals surface area contributed by atoms with E-state index in [-0.39, 0.29) is 12.0 Å². The molecule has 1 fully saturated rings. The van der Waals surface area contributed by atoms with Gasteiger partial charge in [0.25, 0.3) is 0 Å². The van der Waals surface area contributed by atoms with Crippen LogP contribution in [0.25, 0.3) is 0 Å². The monoisotopic (exact) mass is 334 g/mol. The molecule has 2 unspecified atom stereocenters. The molecule has 1 aromatic rings. The van der Waals surface area contributed by atoms with Crippen molar-refractivity contribution < 1.29 is 9.84 Å². The van der Waals surface area contributed by atoms with Gasteiger partial charge in [-0.25, -0.2) is 0 Å². The molecule has 2 atom stereocenters. The Balaban J connectivity index is 2.06. The smallest absolute Gasteiger partial charge is 0.123 e. The van der Waals surface area contributed by atoms with Gasteiger partial charge in [-0.2, -0.15) is 0 Å².